The van der Waals surface area contributed by atoms with Crippen molar-refractivity contribution in [1.82, 2.24) is 0 Å². The summed E-state index contributed by atoms with van der Waals surface area (Å²) in [6.07, 6.45) is -0.714. The number of ether oxygens (including phenoxy) is 1. The topological polar surface area (TPSA) is 52.3 Å². The molecule has 30 heavy (non-hydrogen) atoms. The summed E-state index contributed by atoms with van der Waals surface area (Å²) in [5.74, 6) is 0.272. The lowest BCUT2D eigenvalue weighted by molar-refractivity contribution is -0.137. The standard InChI is InChI=1S/C24H20F3NO2/c25-24(26,27)21-11-9-17(10-12-21)5-3-13-30-22-8-2-7-20(16-22)19-6-1-4-18(14-19)15-23(28)29/h1-12,14,16H,13,15H2,(H2,28,29)/b5-3+. The number of amides is 1. The van der Waals surface area contributed by atoms with E-state index in [0.29, 0.717) is 11.3 Å². The molecule has 0 bridgehead atoms. The summed E-state index contributed by atoms with van der Waals surface area (Å²) in [5, 5.41) is 0. The third-order valence-corrected chi connectivity index (χ3v) is 4.37. The van der Waals surface area contributed by atoms with Crippen molar-refractivity contribution in [3.05, 3.63) is 95.6 Å². The van der Waals surface area contributed by atoms with Crippen LogP contribution >= 0.6 is 0 Å². The molecule has 3 rings (SSSR count). The van der Waals surface area contributed by atoms with E-state index in [0.717, 1.165) is 28.8 Å². The van der Waals surface area contributed by atoms with Crippen molar-refractivity contribution < 1.29 is 22.7 Å². The first-order valence-electron chi connectivity index (χ1n) is 9.25. The van der Waals surface area contributed by atoms with Gasteiger partial charge in [0.2, 0.25) is 5.91 Å². The molecule has 3 aromatic rings. The largest absolute Gasteiger partial charge is 0.490 e. The summed E-state index contributed by atoms with van der Waals surface area (Å²) >= 11 is 0. The van der Waals surface area contributed by atoms with Crippen molar-refractivity contribution in [1.29, 1.82) is 0 Å². The highest BCUT2D eigenvalue weighted by atomic mass is 19.4. The molecule has 1 amide bonds. The first kappa shape index (κ1) is 21.2. The summed E-state index contributed by atoms with van der Waals surface area (Å²) in [7, 11) is 0. The van der Waals surface area contributed by atoms with Gasteiger partial charge in [0.25, 0.3) is 0 Å². The van der Waals surface area contributed by atoms with Crippen LogP contribution in [0.15, 0.2) is 78.9 Å². The predicted molar refractivity (Wildman–Crippen MR) is 111 cm³/mol. The molecule has 0 aliphatic heterocycles. The predicted octanol–water partition coefficient (Wildman–Crippen LogP) is 5.49. The highest BCUT2D eigenvalue weighted by Crippen LogP contribution is 2.29. The molecule has 0 saturated carbocycles. The van der Waals surface area contributed by atoms with Gasteiger partial charge in [0.05, 0.1) is 12.0 Å². The van der Waals surface area contributed by atoms with Gasteiger partial charge in [-0.15, -0.1) is 0 Å². The molecule has 2 N–H and O–H groups in total. The van der Waals surface area contributed by atoms with Gasteiger partial charge in [0.15, 0.2) is 0 Å². The van der Waals surface area contributed by atoms with Gasteiger partial charge in [-0.2, -0.15) is 13.2 Å². The summed E-state index contributed by atoms with van der Waals surface area (Å²) in [4.78, 5) is 11.1. The fourth-order valence-electron chi connectivity index (χ4n) is 2.94. The van der Waals surface area contributed by atoms with Gasteiger partial charge in [0, 0.05) is 0 Å². The zero-order valence-electron chi connectivity index (χ0n) is 16.0. The lowest BCUT2D eigenvalue weighted by atomic mass is 10.0. The quantitative estimate of drug-likeness (QED) is 0.559. The number of rotatable bonds is 7. The molecule has 0 heterocycles. The SMILES string of the molecule is NC(=O)Cc1cccc(-c2cccc(OC/C=C/c3ccc(C(F)(F)F)cc3)c2)c1. The minimum absolute atomic E-state index is 0.179. The van der Waals surface area contributed by atoms with Gasteiger partial charge < -0.3 is 10.5 Å². The molecule has 0 unspecified atom stereocenters. The Labute approximate surface area is 172 Å². The van der Waals surface area contributed by atoms with Crippen molar-refractivity contribution in [2.24, 2.45) is 5.73 Å². The van der Waals surface area contributed by atoms with Crippen LogP contribution < -0.4 is 10.5 Å². The van der Waals surface area contributed by atoms with Gasteiger partial charge in [-0.25, -0.2) is 0 Å². The van der Waals surface area contributed by atoms with Gasteiger partial charge >= 0.3 is 6.18 Å². The maximum absolute atomic E-state index is 12.6. The Morgan fingerprint density at radius 2 is 1.60 bits per heavy atom. The Kier molecular flexibility index (Phi) is 6.57. The Bertz CT molecular complexity index is 1040. The van der Waals surface area contributed by atoms with Crippen LogP contribution in [0.25, 0.3) is 17.2 Å². The van der Waals surface area contributed by atoms with Gasteiger partial charge in [-0.1, -0.05) is 54.6 Å². The van der Waals surface area contributed by atoms with E-state index in [1.807, 2.05) is 48.5 Å². The monoisotopic (exact) mass is 411 g/mol. The van der Waals surface area contributed by atoms with E-state index in [2.05, 4.69) is 0 Å². The highest BCUT2D eigenvalue weighted by Gasteiger charge is 2.29. The van der Waals surface area contributed by atoms with Crippen LogP contribution in [0.4, 0.5) is 13.2 Å². The van der Waals surface area contributed by atoms with Crippen molar-refractivity contribution in [3.63, 3.8) is 0 Å². The number of primary amides is 1. The molecular formula is C24H20F3NO2. The normalized spacial score (nSPS) is 11.6. The lowest BCUT2D eigenvalue weighted by Gasteiger charge is -2.08. The van der Waals surface area contributed by atoms with E-state index in [-0.39, 0.29) is 18.9 Å². The molecule has 0 aromatic heterocycles. The zero-order chi connectivity index (χ0) is 21.6. The number of alkyl halides is 3. The average Bonchev–Trinajstić information content (AvgIpc) is 2.71. The third-order valence-electron chi connectivity index (χ3n) is 4.37. The Morgan fingerprint density at radius 3 is 2.27 bits per heavy atom. The molecule has 0 atom stereocenters. The number of carbonyl (C=O) groups excluding carboxylic acids is 1. The molecule has 0 radical (unpaired) electrons. The van der Waals surface area contributed by atoms with E-state index in [1.165, 1.54) is 12.1 Å². The van der Waals surface area contributed by atoms with E-state index in [9.17, 15) is 18.0 Å². The molecule has 0 spiro atoms. The summed E-state index contributed by atoms with van der Waals surface area (Å²) < 4.78 is 43.5. The summed E-state index contributed by atoms with van der Waals surface area (Å²) in [5.41, 5.74) is 7.96. The van der Waals surface area contributed by atoms with E-state index in [4.69, 9.17) is 10.5 Å². The van der Waals surface area contributed by atoms with Crippen LogP contribution in [0.5, 0.6) is 5.75 Å². The maximum Gasteiger partial charge on any atom is 0.416 e. The molecule has 3 nitrogen and oxygen atoms in total. The number of hydrogen-bond donors (Lipinski definition) is 1. The van der Waals surface area contributed by atoms with Crippen molar-refractivity contribution >= 4 is 12.0 Å². The second kappa shape index (κ2) is 9.31. The Balaban J connectivity index is 1.62. The summed E-state index contributed by atoms with van der Waals surface area (Å²) in [6, 6.07) is 20.0. The number of nitrogens with two attached hydrogens (primary N) is 1. The molecule has 154 valence electrons. The smallest absolute Gasteiger partial charge is 0.416 e. The first-order valence-corrected chi connectivity index (χ1v) is 9.25. The van der Waals surface area contributed by atoms with Crippen LogP contribution in [0.3, 0.4) is 0 Å². The average molecular weight is 411 g/mol. The van der Waals surface area contributed by atoms with E-state index in [1.54, 1.807) is 12.2 Å². The molecule has 0 aliphatic rings. The van der Waals surface area contributed by atoms with Crippen LogP contribution in [-0.2, 0) is 17.4 Å². The van der Waals surface area contributed by atoms with Gasteiger partial charge in [-0.05, 0) is 52.6 Å². The molecule has 3 aromatic carbocycles. The second-order valence-corrected chi connectivity index (χ2v) is 6.70. The Morgan fingerprint density at radius 1 is 0.933 bits per heavy atom. The second-order valence-electron chi connectivity index (χ2n) is 6.70. The highest BCUT2D eigenvalue weighted by molar-refractivity contribution is 5.77. The molecule has 0 saturated heterocycles. The number of hydrogen-bond acceptors (Lipinski definition) is 2. The lowest BCUT2D eigenvalue weighted by Crippen LogP contribution is -2.13. The van der Waals surface area contributed by atoms with Gasteiger partial charge in [0.1, 0.15) is 12.4 Å². The van der Waals surface area contributed by atoms with E-state index >= 15 is 0 Å². The van der Waals surface area contributed by atoms with Crippen LogP contribution in [0, 0.1) is 0 Å². The minimum atomic E-state index is -4.34. The van der Waals surface area contributed by atoms with Gasteiger partial charge in [-0.3, -0.25) is 4.79 Å². The molecule has 0 aliphatic carbocycles. The molecule has 6 heteroatoms. The zero-order valence-corrected chi connectivity index (χ0v) is 16.0. The first-order chi connectivity index (χ1) is 14.3. The van der Waals surface area contributed by atoms with E-state index < -0.39 is 11.7 Å². The number of benzene rings is 3. The van der Waals surface area contributed by atoms with Crippen LogP contribution in [0.1, 0.15) is 16.7 Å². The third kappa shape index (κ3) is 5.98. The van der Waals surface area contributed by atoms with Crippen LogP contribution in [0.2, 0.25) is 0 Å². The maximum atomic E-state index is 12.6. The fourth-order valence-corrected chi connectivity index (χ4v) is 2.94. The van der Waals surface area contributed by atoms with Crippen molar-refractivity contribution in [2.45, 2.75) is 12.6 Å². The summed E-state index contributed by atoms with van der Waals surface area (Å²) in [6.45, 7) is 0.270. The number of carbonyl (C=O) groups is 1. The number of halogens is 3. The molecular weight excluding hydrogens is 391 g/mol. The Hall–Kier alpha value is -3.54. The fraction of sp³-hybridized carbons (Fsp3) is 0.125. The van der Waals surface area contributed by atoms with Crippen molar-refractivity contribution in [3.8, 4) is 16.9 Å². The molecule has 0 fully saturated rings. The van der Waals surface area contributed by atoms with Crippen LogP contribution in [-0.4, -0.2) is 12.5 Å². The minimum Gasteiger partial charge on any atom is -0.490 e. The van der Waals surface area contributed by atoms with Crippen molar-refractivity contribution in [2.75, 3.05) is 6.61 Å².